The molecule has 1 unspecified atom stereocenters. The number of rotatable bonds is 8. The fraction of sp³-hybridized carbons (Fsp3) is 0.320. The van der Waals surface area contributed by atoms with Crippen molar-refractivity contribution in [3.63, 3.8) is 0 Å². The van der Waals surface area contributed by atoms with Gasteiger partial charge in [0.1, 0.15) is 24.0 Å². The Labute approximate surface area is 216 Å². The number of nitrogens with zero attached hydrogens (tertiary/aromatic N) is 2. The zero-order valence-corrected chi connectivity index (χ0v) is 20.8. The Morgan fingerprint density at radius 1 is 1.16 bits per heavy atom. The second-order valence-electron chi connectivity index (χ2n) is 8.93. The van der Waals surface area contributed by atoms with E-state index in [1.54, 1.807) is 24.3 Å². The number of anilines is 1. The van der Waals surface area contributed by atoms with Crippen LogP contribution < -0.4 is 26.1 Å². The number of aromatic amines is 2. The number of aliphatic hydroxyl groups is 1. The van der Waals surface area contributed by atoms with Gasteiger partial charge in [-0.25, -0.2) is 10.3 Å². The number of ether oxygens (including phenoxy) is 1. The standard InChI is InChI=1S/C25H28N6O5S/c32-18(14-36-20-3-1-2-19-22(20)28-24(34)27-19)13-26-16-8-10-31(11-9-16)17-6-4-15(5-7-17)12-21-23(33)29-25(30-35)37-21/h1-7,12,16,18,26,32,35H,8-11,13-14H2,(H2,27,28,34)(H,29,30,33). The number of para-hydroxylation sites is 1. The average Bonchev–Trinajstić information content (AvgIpc) is 3.48. The van der Waals surface area contributed by atoms with E-state index < -0.39 is 6.10 Å². The van der Waals surface area contributed by atoms with Gasteiger partial charge >= 0.3 is 5.69 Å². The molecule has 2 aliphatic heterocycles. The number of aliphatic hydroxyl groups excluding tert-OH is 1. The highest BCUT2D eigenvalue weighted by Crippen LogP contribution is 2.28. The largest absolute Gasteiger partial charge is 0.489 e. The molecule has 0 bridgehead atoms. The average molecular weight is 525 g/mol. The Morgan fingerprint density at radius 2 is 1.95 bits per heavy atom. The molecule has 2 aromatic carbocycles. The number of carbonyl (C=O) groups is 1. The summed E-state index contributed by atoms with van der Waals surface area (Å²) in [5, 5.41) is 22.9. The molecular weight excluding hydrogens is 496 g/mol. The molecule has 0 saturated carbocycles. The molecule has 2 aliphatic rings. The lowest BCUT2D eigenvalue weighted by molar-refractivity contribution is -0.113. The van der Waals surface area contributed by atoms with Gasteiger partial charge < -0.3 is 30.0 Å². The smallest absolute Gasteiger partial charge is 0.323 e. The first-order chi connectivity index (χ1) is 18.0. The van der Waals surface area contributed by atoms with Crippen molar-refractivity contribution in [1.29, 1.82) is 0 Å². The van der Waals surface area contributed by atoms with Gasteiger partial charge in [-0.1, -0.05) is 18.2 Å². The van der Waals surface area contributed by atoms with Gasteiger partial charge in [-0.2, -0.15) is 4.99 Å². The first-order valence-electron chi connectivity index (χ1n) is 12.0. The van der Waals surface area contributed by atoms with Gasteiger partial charge in [0.05, 0.1) is 10.4 Å². The van der Waals surface area contributed by atoms with Gasteiger partial charge in [-0.15, -0.1) is 0 Å². The summed E-state index contributed by atoms with van der Waals surface area (Å²) in [7, 11) is 0. The summed E-state index contributed by atoms with van der Waals surface area (Å²) in [6, 6.07) is 13.6. The third-order valence-corrected chi connectivity index (χ3v) is 7.24. The predicted molar refractivity (Wildman–Crippen MR) is 143 cm³/mol. The van der Waals surface area contributed by atoms with Crippen molar-refractivity contribution in [2.75, 3.05) is 31.1 Å². The van der Waals surface area contributed by atoms with E-state index in [0.717, 1.165) is 48.9 Å². The van der Waals surface area contributed by atoms with Crippen LogP contribution in [0, 0.1) is 0 Å². The second-order valence-corrected chi connectivity index (χ2v) is 9.96. The van der Waals surface area contributed by atoms with Gasteiger partial charge in [0.25, 0.3) is 5.91 Å². The maximum absolute atomic E-state index is 11.9. The van der Waals surface area contributed by atoms with Crippen molar-refractivity contribution in [3.8, 4) is 5.75 Å². The number of carbonyl (C=O) groups excluding carboxylic acids is 1. The minimum absolute atomic E-state index is 0.120. The zero-order valence-electron chi connectivity index (χ0n) is 19.9. The molecule has 6 N–H and O–H groups in total. The molecule has 1 aromatic heterocycles. The van der Waals surface area contributed by atoms with Crippen LogP contribution in [0.4, 0.5) is 5.69 Å². The van der Waals surface area contributed by atoms with Crippen LogP contribution in [0.2, 0.25) is 0 Å². The van der Waals surface area contributed by atoms with Crippen molar-refractivity contribution in [2.24, 2.45) is 4.99 Å². The Morgan fingerprint density at radius 3 is 2.68 bits per heavy atom. The van der Waals surface area contributed by atoms with E-state index in [4.69, 9.17) is 9.94 Å². The molecule has 5 rings (SSSR count). The van der Waals surface area contributed by atoms with Crippen LogP contribution in [0.15, 0.2) is 57.2 Å². The van der Waals surface area contributed by atoms with Crippen LogP contribution in [0.25, 0.3) is 17.1 Å². The van der Waals surface area contributed by atoms with E-state index in [1.165, 1.54) is 0 Å². The highest BCUT2D eigenvalue weighted by molar-refractivity contribution is 8.18. The van der Waals surface area contributed by atoms with E-state index in [1.807, 2.05) is 29.7 Å². The number of hydroxylamine groups is 1. The molecule has 3 heterocycles. The van der Waals surface area contributed by atoms with E-state index in [9.17, 15) is 14.7 Å². The summed E-state index contributed by atoms with van der Waals surface area (Å²) in [5.74, 6) is 0.158. The number of imidazole rings is 1. The molecule has 3 aromatic rings. The molecule has 194 valence electrons. The summed E-state index contributed by atoms with van der Waals surface area (Å²) >= 11 is 1.10. The maximum atomic E-state index is 11.9. The minimum atomic E-state index is -0.680. The van der Waals surface area contributed by atoms with Gasteiger partial charge in [-0.3, -0.25) is 10.0 Å². The molecule has 0 aliphatic carbocycles. The second kappa shape index (κ2) is 11.2. The molecule has 1 saturated heterocycles. The van der Waals surface area contributed by atoms with E-state index >= 15 is 0 Å². The van der Waals surface area contributed by atoms with Crippen LogP contribution in [0.3, 0.4) is 0 Å². The summed E-state index contributed by atoms with van der Waals surface area (Å²) in [6.07, 6.45) is 2.97. The molecule has 37 heavy (non-hydrogen) atoms. The Bertz CT molecular complexity index is 1370. The molecule has 1 atom stereocenters. The number of hydrogen-bond acceptors (Lipinski definition) is 9. The summed E-state index contributed by atoms with van der Waals surface area (Å²) < 4.78 is 5.74. The highest BCUT2D eigenvalue weighted by Gasteiger charge is 2.22. The first kappa shape index (κ1) is 25.1. The number of amidine groups is 1. The highest BCUT2D eigenvalue weighted by atomic mass is 32.2. The normalized spacial score (nSPS) is 18.4. The van der Waals surface area contributed by atoms with E-state index in [2.05, 4.69) is 25.2 Å². The van der Waals surface area contributed by atoms with Crippen LogP contribution in [0.5, 0.6) is 5.75 Å². The van der Waals surface area contributed by atoms with Crippen molar-refractivity contribution >= 4 is 45.6 Å². The number of thioether (sulfide) groups is 1. The van der Waals surface area contributed by atoms with Gasteiger partial charge in [0.15, 0.2) is 5.17 Å². The molecule has 1 fully saturated rings. The van der Waals surface area contributed by atoms with Crippen LogP contribution in [0.1, 0.15) is 18.4 Å². The molecule has 11 nitrogen and oxygen atoms in total. The molecular formula is C25H28N6O5S. The lowest BCUT2D eigenvalue weighted by Crippen LogP contribution is -2.45. The predicted octanol–water partition coefficient (Wildman–Crippen LogP) is 1.80. The zero-order chi connectivity index (χ0) is 25.8. The van der Waals surface area contributed by atoms with Crippen molar-refractivity contribution in [1.82, 2.24) is 20.8 Å². The Balaban J connectivity index is 1.06. The molecule has 0 radical (unpaired) electrons. The number of H-pyrrole nitrogens is 2. The van der Waals surface area contributed by atoms with Crippen molar-refractivity contribution < 1.29 is 19.8 Å². The topological polar surface area (TPSA) is 155 Å². The lowest BCUT2D eigenvalue weighted by atomic mass is 10.0. The number of aromatic nitrogens is 2. The summed E-state index contributed by atoms with van der Waals surface area (Å²) in [5.41, 5.74) is 4.88. The van der Waals surface area contributed by atoms with Gasteiger partial charge in [-0.05, 0) is 60.5 Å². The quantitative estimate of drug-likeness (QED) is 0.191. The van der Waals surface area contributed by atoms with Crippen molar-refractivity contribution in [2.45, 2.75) is 25.0 Å². The number of benzene rings is 2. The Hall–Kier alpha value is -3.58. The monoisotopic (exact) mass is 524 g/mol. The van der Waals surface area contributed by atoms with Crippen LogP contribution in [-0.4, -0.2) is 69.7 Å². The first-order valence-corrected chi connectivity index (χ1v) is 12.8. The fourth-order valence-electron chi connectivity index (χ4n) is 4.43. The summed E-state index contributed by atoms with van der Waals surface area (Å²) in [4.78, 5) is 35.3. The third-order valence-electron chi connectivity index (χ3n) is 6.35. The SMILES string of the molecule is O=C1N=C(NO)SC1=Cc1ccc(N2CCC(NCC(O)COc3cccc4[nH]c(=O)[nH]c34)CC2)cc1. The number of piperidine rings is 1. The number of nitrogens with one attached hydrogen (secondary N) is 4. The van der Waals surface area contributed by atoms with Gasteiger partial charge in [0, 0.05) is 31.4 Å². The van der Waals surface area contributed by atoms with Crippen LogP contribution >= 0.6 is 11.8 Å². The minimum Gasteiger partial charge on any atom is -0.489 e. The van der Waals surface area contributed by atoms with E-state index in [-0.39, 0.29) is 23.4 Å². The summed E-state index contributed by atoms with van der Waals surface area (Å²) in [6.45, 7) is 2.32. The number of aliphatic imine (C=N–C) groups is 1. The molecule has 1 amide bonds. The maximum Gasteiger partial charge on any atom is 0.323 e. The molecule has 0 spiro atoms. The number of amides is 1. The van der Waals surface area contributed by atoms with Gasteiger partial charge in [0.2, 0.25) is 0 Å². The Kier molecular flexibility index (Phi) is 7.60. The van der Waals surface area contributed by atoms with E-state index in [0.29, 0.717) is 34.3 Å². The van der Waals surface area contributed by atoms with Crippen LogP contribution in [-0.2, 0) is 4.79 Å². The number of hydrogen-bond donors (Lipinski definition) is 6. The number of fused-ring (bicyclic) bond motifs is 1. The third kappa shape index (κ3) is 6.05. The molecule has 12 heteroatoms. The van der Waals surface area contributed by atoms with Crippen molar-refractivity contribution in [3.05, 3.63) is 63.4 Å². The fourth-order valence-corrected chi connectivity index (χ4v) is 5.14. The lowest BCUT2D eigenvalue weighted by Gasteiger charge is -2.34.